The fraction of sp³-hybridized carbons (Fsp3) is 0.250. The van der Waals surface area contributed by atoms with Gasteiger partial charge in [0.15, 0.2) is 0 Å². The zero-order valence-corrected chi connectivity index (χ0v) is 15.3. The Kier molecular flexibility index (Phi) is 5.40. The molecule has 0 atom stereocenters. The number of imidazole rings is 1. The summed E-state index contributed by atoms with van der Waals surface area (Å²) in [4.78, 5) is 28.9. The number of phenolic OH excluding ortho intramolecular Hbond substituents is 1. The number of phenols is 1. The maximum absolute atomic E-state index is 12.5. The van der Waals surface area contributed by atoms with Crippen molar-refractivity contribution in [1.82, 2.24) is 14.7 Å². The molecule has 1 aromatic carbocycles. The molecule has 0 unspecified atom stereocenters. The summed E-state index contributed by atoms with van der Waals surface area (Å²) >= 11 is 0. The lowest BCUT2D eigenvalue weighted by Crippen LogP contribution is -2.27. The van der Waals surface area contributed by atoms with Crippen LogP contribution in [-0.2, 0) is 4.79 Å². The van der Waals surface area contributed by atoms with Gasteiger partial charge >= 0.3 is 0 Å². The quantitative estimate of drug-likeness (QED) is 0.585. The third-order valence-electron chi connectivity index (χ3n) is 4.23. The zero-order valence-electron chi connectivity index (χ0n) is 15.3. The molecule has 140 valence electrons. The fourth-order valence-electron chi connectivity index (χ4n) is 2.93. The molecule has 2 aromatic heterocycles. The predicted molar refractivity (Wildman–Crippen MR) is 103 cm³/mol. The van der Waals surface area contributed by atoms with Gasteiger partial charge in [0.25, 0.3) is 5.91 Å². The van der Waals surface area contributed by atoms with Gasteiger partial charge < -0.3 is 15.7 Å². The Morgan fingerprint density at radius 2 is 2.00 bits per heavy atom. The standard InChI is InChI=1S/C20H22N4O3/c1-13-6-5-11-24-18(14(2)22-19(13)24)20(27)21-10-4-9-17(26)23-15-7-3-8-16(25)12-15/h3,5-8,11-12,25H,4,9-10H2,1-2H3,(H,21,27)(H,23,26). The first-order valence-corrected chi connectivity index (χ1v) is 8.77. The number of benzene rings is 1. The lowest BCUT2D eigenvalue weighted by atomic mass is 10.2. The Balaban J connectivity index is 1.52. The van der Waals surface area contributed by atoms with Gasteiger partial charge in [-0.05, 0) is 44.0 Å². The molecule has 0 saturated carbocycles. The molecule has 0 aliphatic carbocycles. The summed E-state index contributed by atoms with van der Waals surface area (Å²) < 4.78 is 1.79. The van der Waals surface area contributed by atoms with Crippen LogP contribution in [0.2, 0.25) is 0 Å². The van der Waals surface area contributed by atoms with Crippen LogP contribution in [0.4, 0.5) is 5.69 Å². The van der Waals surface area contributed by atoms with Crippen LogP contribution in [0.5, 0.6) is 5.75 Å². The smallest absolute Gasteiger partial charge is 0.270 e. The van der Waals surface area contributed by atoms with E-state index in [4.69, 9.17) is 0 Å². The highest BCUT2D eigenvalue weighted by molar-refractivity contribution is 5.95. The van der Waals surface area contributed by atoms with Crippen molar-refractivity contribution in [2.45, 2.75) is 26.7 Å². The second-order valence-corrected chi connectivity index (χ2v) is 6.39. The number of nitrogens with zero attached hydrogens (tertiary/aromatic N) is 2. The van der Waals surface area contributed by atoms with Gasteiger partial charge in [-0.1, -0.05) is 12.1 Å². The Morgan fingerprint density at radius 1 is 1.19 bits per heavy atom. The maximum atomic E-state index is 12.5. The molecule has 0 aliphatic rings. The minimum absolute atomic E-state index is 0.0960. The molecule has 0 spiro atoms. The molecular weight excluding hydrogens is 344 g/mol. The second kappa shape index (κ2) is 7.90. The van der Waals surface area contributed by atoms with E-state index < -0.39 is 0 Å². The summed E-state index contributed by atoms with van der Waals surface area (Å²) in [5.41, 5.74) is 3.50. The van der Waals surface area contributed by atoms with Gasteiger partial charge in [-0.3, -0.25) is 14.0 Å². The molecule has 0 radical (unpaired) electrons. The highest BCUT2D eigenvalue weighted by atomic mass is 16.3. The average molecular weight is 366 g/mol. The van der Waals surface area contributed by atoms with Crippen LogP contribution in [0.15, 0.2) is 42.6 Å². The molecule has 7 nitrogen and oxygen atoms in total. The highest BCUT2D eigenvalue weighted by Crippen LogP contribution is 2.16. The first-order chi connectivity index (χ1) is 13.0. The van der Waals surface area contributed by atoms with Crippen molar-refractivity contribution in [2.75, 3.05) is 11.9 Å². The van der Waals surface area contributed by atoms with Gasteiger partial charge in [-0.25, -0.2) is 4.98 Å². The number of pyridine rings is 1. The van der Waals surface area contributed by atoms with Gasteiger partial charge in [0.1, 0.15) is 17.1 Å². The number of hydrogen-bond donors (Lipinski definition) is 3. The summed E-state index contributed by atoms with van der Waals surface area (Å²) in [5, 5.41) is 15.0. The Labute approximate surface area is 157 Å². The number of nitrogens with one attached hydrogen (secondary N) is 2. The van der Waals surface area contributed by atoms with Crippen molar-refractivity contribution < 1.29 is 14.7 Å². The number of amides is 2. The third kappa shape index (κ3) is 4.25. The largest absolute Gasteiger partial charge is 0.508 e. The number of aryl methyl sites for hydroxylation is 2. The molecule has 7 heteroatoms. The van der Waals surface area contributed by atoms with E-state index in [2.05, 4.69) is 15.6 Å². The molecule has 0 aliphatic heterocycles. The monoisotopic (exact) mass is 366 g/mol. The number of fused-ring (bicyclic) bond motifs is 1. The first kappa shape index (κ1) is 18.4. The number of aromatic nitrogens is 2. The van der Waals surface area contributed by atoms with E-state index in [-0.39, 0.29) is 24.0 Å². The predicted octanol–water partition coefficient (Wildman–Crippen LogP) is 2.81. The summed E-state index contributed by atoms with van der Waals surface area (Å²) in [6.07, 6.45) is 2.59. The zero-order chi connectivity index (χ0) is 19.4. The van der Waals surface area contributed by atoms with Crippen LogP contribution in [-0.4, -0.2) is 32.9 Å². The van der Waals surface area contributed by atoms with E-state index in [0.29, 0.717) is 30.0 Å². The van der Waals surface area contributed by atoms with Crippen LogP contribution in [0.1, 0.15) is 34.6 Å². The first-order valence-electron chi connectivity index (χ1n) is 8.77. The maximum Gasteiger partial charge on any atom is 0.270 e. The minimum Gasteiger partial charge on any atom is -0.508 e. The number of hydrogen-bond acceptors (Lipinski definition) is 4. The van der Waals surface area contributed by atoms with Crippen LogP contribution < -0.4 is 10.6 Å². The fourth-order valence-corrected chi connectivity index (χ4v) is 2.93. The summed E-state index contributed by atoms with van der Waals surface area (Å²) in [7, 11) is 0. The van der Waals surface area contributed by atoms with Crippen molar-refractivity contribution in [3.05, 3.63) is 59.5 Å². The van der Waals surface area contributed by atoms with E-state index in [1.807, 2.05) is 32.2 Å². The normalized spacial score (nSPS) is 10.7. The van der Waals surface area contributed by atoms with E-state index >= 15 is 0 Å². The van der Waals surface area contributed by atoms with Gasteiger partial charge in [0.2, 0.25) is 5.91 Å². The summed E-state index contributed by atoms with van der Waals surface area (Å²) in [6, 6.07) is 10.2. The third-order valence-corrected chi connectivity index (χ3v) is 4.23. The van der Waals surface area contributed by atoms with E-state index in [0.717, 1.165) is 11.2 Å². The Morgan fingerprint density at radius 3 is 2.78 bits per heavy atom. The molecule has 3 aromatic rings. The molecule has 0 saturated heterocycles. The van der Waals surface area contributed by atoms with Gasteiger partial charge in [-0.15, -0.1) is 0 Å². The molecule has 0 fully saturated rings. The lowest BCUT2D eigenvalue weighted by Gasteiger charge is -2.07. The molecule has 2 heterocycles. The number of aromatic hydroxyl groups is 1. The molecule has 3 rings (SSSR count). The highest BCUT2D eigenvalue weighted by Gasteiger charge is 2.17. The van der Waals surface area contributed by atoms with Crippen molar-refractivity contribution in [3.8, 4) is 5.75 Å². The van der Waals surface area contributed by atoms with Crippen LogP contribution in [0, 0.1) is 13.8 Å². The number of anilines is 1. The SMILES string of the molecule is Cc1nc2c(C)cccn2c1C(=O)NCCCC(=O)Nc1cccc(O)c1. The van der Waals surface area contributed by atoms with E-state index in [1.165, 1.54) is 12.1 Å². The molecule has 2 amide bonds. The van der Waals surface area contributed by atoms with Gasteiger partial charge in [0, 0.05) is 30.9 Å². The minimum atomic E-state index is -0.209. The number of carbonyl (C=O) groups excluding carboxylic acids is 2. The Hall–Kier alpha value is -3.35. The van der Waals surface area contributed by atoms with Gasteiger partial charge in [0.05, 0.1) is 5.69 Å². The van der Waals surface area contributed by atoms with Crippen LogP contribution in [0.25, 0.3) is 5.65 Å². The lowest BCUT2D eigenvalue weighted by molar-refractivity contribution is -0.116. The second-order valence-electron chi connectivity index (χ2n) is 6.39. The average Bonchev–Trinajstić information content (AvgIpc) is 2.96. The number of rotatable bonds is 6. The van der Waals surface area contributed by atoms with Crippen molar-refractivity contribution in [3.63, 3.8) is 0 Å². The van der Waals surface area contributed by atoms with Crippen LogP contribution in [0.3, 0.4) is 0 Å². The van der Waals surface area contributed by atoms with Crippen molar-refractivity contribution in [2.24, 2.45) is 0 Å². The molecule has 27 heavy (non-hydrogen) atoms. The molecule has 0 bridgehead atoms. The van der Waals surface area contributed by atoms with Gasteiger partial charge in [-0.2, -0.15) is 0 Å². The Bertz CT molecular complexity index is 994. The summed E-state index contributed by atoms with van der Waals surface area (Å²) in [6.45, 7) is 4.14. The van der Waals surface area contributed by atoms with E-state index in [1.54, 1.807) is 16.5 Å². The summed E-state index contributed by atoms with van der Waals surface area (Å²) in [5.74, 6) is -0.283. The molecule has 3 N–H and O–H groups in total. The van der Waals surface area contributed by atoms with Crippen LogP contribution >= 0.6 is 0 Å². The van der Waals surface area contributed by atoms with Crippen molar-refractivity contribution in [1.29, 1.82) is 0 Å². The van der Waals surface area contributed by atoms with E-state index in [9.17, 15) is 14.7 Å². The topological polar surface area (TPSA) is 95.7 Å². The molecular formula is C20H22N4O3. The number of carbonyl (C=O) groups is 2. The van der Waals surface area contributed by atoms with Crippen molar-refractivity contribution >= 4 is 23.1 Å².